The minimum Gasteiger partial charge on any atom is -0.347 e. The molecule has 2 aromatic rings. The van der Waals surface area contributed by atoms with Crippen LogP contribution >= 0.6 is 12.4 Å². The first kappa shape index (κ1) is 16.2. The Morgan fingerprint density at radius 3 is 2.68 bits per heavy atom. The molecule has 2 heterocycles. The lowest BCUT2D eigenvalue weighted by molar-refractivity contribution is 0.0933. The number of nitrogens with one attached hydrogen (secondary N) is 2. The highest BCUT2D eigenvalue weighted by molar-refractivity contribution is 5.92. The molecular weight excluding hydrogens is 304 g/mol. The predicted octanol–water partition coefficient (Wildman–Crippen LogP) is 0.746. The third kappa shape index (κ3) is 3.52. The van der Waals surface area contributed by atoms with Crippen LogP contribution in [-0.2, 0) is 0 Å². The topological polar surface area (TPSA) is 76.0 Å². The van der Waals surface area contributed by atoms with Crippen molar-refractivity contribution < 1.29 is 4.79 Å². The van der Waals surface area contributed by atoms with Gasteiger partial charge in [0, 0.05) is 18.7 Å². The van der Waals surface area contributed by atoms with Crippen molar-refractivity contribution in [3.05, 3.63) is 58.5 Å². The molecule has 6 nitrogen and oxygen atoms in total. The van der Waals surface area contributed by atoms with Crippen molar-refractivity contribution in [3.63, 3.8) is 0 Å². The van der Waals surface area contributed by atoms with Gasteiger partial charge in [-0.05, 0) is 31.2 Å². The van der Waals surface area contributed by atoms with E-state index in [1.165, 1.54) is 16.8 Å². The molecule has 0 spiro atoms. The summed E-state index contributed by atoms with van der Waals surface area (Å²) in [4.78, 5) is 24.1. The number of benzene rings is 1. The summed E-state index contributed by atoms with van der Waals surface area (Å²) in [5.41, 5.74) is 0.616. The molecule has 0 saturated carbocycles. The molecule has 1 fully saturated rings. The zero-order valence-electron chi connectivity index (χ0n) is 11.9. The van der Waals surface area contributed by atoms with Gasteiger partial charge in [-0.3, -0.25) is 9.59 Å². The second kappa shape index (κ2) is 7.20. The van der Waals surface area contributed by atoms with Gasteiger partial charge in [-0.1, -0.05) is 18.2 Å². The molecule has 1 aromatic carbocycles. The molecule has 2 N–H and O–H groups in total. The van der Waals surface area contributed by atoms with Crippen LogP contribution in [0.4, 0.5) is 0 Å². The molecule has 0 bridgehead atoms. The highest BCUT2D eigenvalue weighted by Crippen LogP contribution is 2.04. The van der Waals surface area contributed by atoms with Gasteiger partial charge in [0.25, 0.3) is 11.5 Å². The van der Waals surface area contributed by atoms with Gasteiger partial charge in [-0.25, -0.2) is 0 Å². The average Bonchev–Trinajstić information content (AvgIpc) is 3.01. The van der Waals surface area contributed by atoms with E-state index >= 15 is 0 Å². The third-order valence-corrected chi connectivity index (χ3v) is 3.43. The van der Waals surface area contributed by atoms with Crippen LogP contribution in [-0.4, -0.2) is 34.8 Å². The molecule has 1 saturated heterocycles. The van der Waals surface area contributed by atoms with E-state index in [0.29, 0.717) is 5.69 Å². The monoisotopic (exact) mass is 320 g/mol. The van der Waals surface area contributed by atoms with Gasteiger partial charge in [0.05, 0.1) is 5.69 Å². The summed E-state index contributed by atoms with van der Waals surface area (Å²) in [5, 5.41) is 10.3. The normalized spacial score (nSPS) is 16.8. The molecule has 0 radical (unpaired) electrons. The maximum atomic E-state index is 12.2. The number of amides is 1. The predicted molar refractivity (Wildman–Crippen MR) is 85.8 cm³/mol. The molecule has 7 heteroatoms. The van der Waals surface area contributed by atoms with E-state index in [1.807, 2.05) is 18.2 Å². The maximum Gasteiger partial charge on any atom is 0.272 e. The quantitative estimate of drug-likeness (QED) is 0.875. The Bertz CT molecular complexity index is 696. The lowest BCUT2D eigenvalue weighted by Crippen LogP contribution is -2.37. The number of halogens is 1. The molecule has 3 rings (SSSR count). The number of nitrogens with zero attached hydrogens (tertiary/aromatic N) is 2. The van der Waals surface area contributed by atoms with Crippen molar-refractivity contribution >= 4 is 18.3 Å². The summed E-state index contributed by atoms with van der Waals surface area (Å²) >= 11 is 0. The molecule has 0 aliphatic carbocycles. The Hall–Kier alpha value is -2.18. The van der Waals surface area contributed by atoms with Crippen molar-refractivity contribution in [2.45, 2.75) is 12.5 Å². The molecule has 1 unspecified atom stereocenters. The standard InChI is InChI=1S/C15H16N4O2.ClH/c20-14-7-6-13(15(21)17-11-8-9-16-10-11)18-19(14)12-4-2-1-3-5-12;/h1-7,11,16H,8-10H2,(H,17,21);1H. The van der Waals surface area contributed by atoms with E-state index in [2.05, 4.69) is 15.7 Å². The second-order valence-corrected chi connectivity index (χ2v) is 4.97. The minimum atomic E-state index is -0.264. The smallest absolute Gasteiger partial charge is 0.272 e. The first-order chi connectivity index (χ1) is 10.2. The van der Waals surface area contributed by atoms with Crippen LogP contribution in [0.1, 0.15) is 16.9 Å². The molecule has 1 atom stereocenters. The molecular formula is C15H17ClN4O2. The number of aromatic nitrogens is 2. The fraction of sp³-hybridized carbons (Fsp3) is 0.267. The summed E-state index contributed by atoms with van der Waals surface area (Å²) < 4.78 is 1.24. The lowest BCUT2D eigenvalue weighted by atomic mass is 10.2. The summed E-state index contributed by atoms with van der Waals surface area (Å²) in [7, 11) is 0. The van der Waals surface area contributed by atoms with E-state index in [1.54, 1.807) is 12.1 Å². The Morgan fingerprint density at radius 2 is 2.00 bits per heavy atom. The van der Waals surface area contributed by atoms with E-state index < -0.39 is 0 Å². The summed E-state index contributed by atoms with van der Waals surface area (Å²) in [6, 6.07) is 12.0. The van der Waals surface area contributed by atoms with Crippen LogP contribution in [0.5, 0.6) is 0 Å². The van der Waals surface area contributed by atoms with Crippen LogP contribution < -0.4 is 16.2 Å². The molecule has 1 amide bonds. The summed E-state index contributed by atoms with van der Waals surface area (Å²) in [6.07, 6.45) is 0.907. The number of hydrogen-bond acceptors (Lipinski definition) is 4. The fourth-order valence-corrected chi connectivity index (χ4v) is 2.32. The van der Waals surface area contributed by atoms with Crippen molar-refractivity contribution in [1.82, 2.24) is 20.4 Å². The lowest BCUT2D eigenvalue weighted by Gasteiger charge is -2.11. The van der Waals surface area contributed by atoms with Gasteiger partial charge in [0.1, 0.15) is 5.69 Å². The molecule has 1 aromatic heterocycles. The van der Waals surface area contributed by atoms with E-state index in [-0.39, 0.29) is 35.6 Å². The third-order valence-electron chi connectivity index (χ3n) is 3.43. The zero-order valence-corrected chi connectivity index (χ0v) is 12.7. The summed E-state index contributed by atoms with van der Waals surface area (Å²) in [6.45, 7) is 1.67. The number of para-hydroxylation sites is 1. The first-order valence-corrected chi connectivity index (χ1v) is 6.91. The largest absolute Gasteiger partial charge is 0.347 e. The van der Waals surface area contributed by atoms with Gasteiger partial charge >= 0.3 is 0 Å². The Labute approximate surface area is 134 Å². The second-order valence-electron chi connectivity index (χ2n) is 4.97. The average molecular weight is 321 g/mol. The highest BCUT2D eigenvalue weighted by Gasteiger charge is 2.18. The van der Waals surface area contributed by atoms with E-state index in [0.717, 1.165) is 19.5 Å². The van der Waals surface area contributed by atoms with Crippen molar-refractivity contribution in [2.24, 2.45) is 0 Å². The van der Waals surface area contributed by atoms with Crippen molar-refractivity contribution in [2.75, 3.05) is 13.1 Å². The van der Waals surface area contributed by atoms with Crippen LogP contribution in [0.3, 0.4) is 0 Å². The van der Waals surface area contributed by atoms with Gasteiger partial charge < -0.3 is 10.6 Å². The van der Waals surface area contributed by atoms with Gasteiger partial charge in [0.15, 0.2) is 0 Å². The number of carbonyl (C=O) groups excluding carboxylic acids is 1. The van der Waals surface area contributed by atoms with Gasteiger partial charge in [-0.15, -0.1) is 12.4 Å². The van der Waals surface area contributed by atoms with Crippen molar-refractivity contribution in [1.29, 1.82) is 0 Å². The molecule has 1 aliphatic heterocycles. The van der Waals surface area contributed by atoms with Crippen LogP contribution in [0.15, 0.2) is 47.3 Å². The number of hydrogen-bond donors (Lipinski definition) is 2. The van der Waals surface area contributed by atoms with Crippen LogP contribution in [0.25, 0.3) is 5.69 Å². The van der Waals surface area contributed by atoms with Crippen molar-refractivity contribution in [3.8, 4) is 5.69 Å². The zero-order chi connectivity index (χ0) is 14.7. The SMILES string of the molecule is Cl.O=C(NC1CCNC1)c1ccc(=O)n(-c2ccccc2)n1. The first-order valence-electron chi connectivity index (χ1n) is 6.91. The maximum absolute atomic E-state index is 12.2. The number of rotatable bonds is 3. The minimum absolute atomic E-state index is 0. The van der Waals surface area contributed by atoms with Gasteiger partial charge in [0.2, 0.25) is 0 Å². The molecule has 1 aliphatic rings. The molecule has 116 valence electrons. The Balaban J connectivity index is 0.00000176. The Morgan fingerprint density at radius 1 is 1.23 bits per heavy atom. The van der Waals surface area contributed by atoms with Crippen LogP contribution in [0, 0.1) is 0 Å². The van der Waals surface area contributed by atoms with E-state index in [9.17, 15) is 9.59 Å². The molecule has 22 heavy (non-hydrogen) atoms. The fourth-order valence-electron chi connectivity index (χ4n) is 2.32. The van der Waals surface area contributed by atoms with E-state index in [4.69, 9.17) is 0 Å². The summed E-state index contributed by atoms with van der Waals surface area (Å²) in [5.74, 6) is -0.256. The van der Waals surface area contributed by atoms with Crippen LogP contribution in [0.2, 0.25) is 0 Å². The Kier molecular flexibility index (Phi) is 5.30. The van der Waals surface area contributed by atoms with Gasteiger partial charge in [-0.2, -0.15) is 9.78 Å². The number of carbonyl (C=O) groups is 1. The highest BCUT2D eigenvalue weighted by atomic mass is 35.5.